The van der Waals surface area contributed by atoms with E-state index in [0.717, 1.165) is 57.7 Å². The molecule has 0 aromatic heterocycles. The molecular formula is C56H78N8O10S4. The van der Waals surface area contributed by atoms with Crippen LogP contribution < -0.4 is 21.3 Å². The molecule has 18 nitrogen and oxygen atoms in total. The highest BCUT2D eigenvalue weighted by Gasteiger charge is 2.57. The van der Waals surface area contributed by atoms with Gasteiger partial charge in [0.15, 0.2) is 0 Å². The second kappa shape index (κ2) is 25.0. The van der Waals surface area contributed by atoms with E-state index in [1.807, 2.05) is 64.1 Å². The van der Waals surface area contributed by atoms with Crippen LogP contribution in [0.4, 0.5) is 9.59 Å². The zero-order valence-electron chi connectivity index (χ0n) is 46.0. The summed E-state index contributed by atoms with van der Waals surface area (Å²) >= 11 is 14.5. The third kappa shape index (κ3) is 12.7. The Morgan fingerprint density at radius 3 is 1.38 bits per heavy atom. The maximum atomic E-state index is 14.7. The van der Waals surface area contributed by atoms with E-state index in [1.54, 1.807) is 47.2 Å². The number of thioether (sulfide) groups is 2. The molecule has 8 rings (SSSR count). The lowest BCUT2D eigenvalue weighted by Crippen LogP contribution is -2.58. The summed E-state index contributed by atoms with van der Waals surface area (Å²) in [6.07, 6.45) is 4.13. The minimum absolute atomic E-state index is 0.195. The van der Waals surface area contributed by atoms with Crippen LogP contribution in [0.15, 0.2) is 48.5 Å². The molecule has 0 bridgehead atoms. The van der Waals surface area contributed by atoms with Gasteiger partial charge >= 0.3 is 12.2 Å². The van der Waals surface area contributed by atoms with Crippen LogP contribution in [0.25, 0.3) is 0 Å². The molecule has 2 aliphatic carbocycles. The number of likely N-dealkylation sites (N-methyl/N-ethyl adjacent to an activating group) is 2. The van der Waals surface area contributed by atoms with Crippen molar-refractivity contribution in [3.05, 3.63) is 70.8 Å². The summed E-state index contributed by atoms with van der Waals surface area (Å²) in [5.41, 5.74) is 3.19. The molecule has 12 atom stereocenters. The average Bonchev–Trinajstić information content (AvgIpc) is 4.27. The molecule has 4 fully saturated rings. The first kappa shape index (κ1) is 59.4. The molecule has 6 N–H and O–H groups in total. The molecule has 6 amide bonds. The van der Waals surface area contributed by atoms with E-state index in [4.69, 9.17) is 33.9 Å². The molecular weight excluding hydrogens is 1070 g/mol. The first-order valence-corrected chi connectivity index (χ1v) is 30.3. The highest BCUT2D eigenvalue weighted by atomic mass is 32.2. The highest BCUT2D eigenvalue weighted by molar-refractivity contribution is 8.00. The Morgan fingerprint density at radius 2 is 1.01 bits per heavy atom. The molecule has 0 saturated carbocycles. The zero-order valence-corrected chi connectivity index (χ0v) is 49.3. The van der Waals surface area contributed by atoms with E-state index in [0.29, 0.717) is 63.2 Å². The molecule has 78 heavy (non-hydrogen) atoms. The van der Waals surface area contributed by atoms with Crippen LogP contribution >= 0.6 is 48.0 Å². The fourth-order valence-corrected chi connectivity index (χ4v) is 16.0. The predicted octanol–water partition coefficient (Wildman–Crippen LogP) is 6.89. The lowest BCUT2D eigenvalue weighted by Gasteiger charge is -2.36. The Morgan fingerprint density at radius 1 is 0.641 bits per heavy atom. The van der Waals surface area contributed by atoms with Crippen molar-refractivity contribution in [2.45, 2.75) is 177 Å². The fourth-order valence-electron chi connectivity index (χ4n) is 12.2. The minimum atomic E-state index is -1.12. The van der Waals surface area contributed by atoms with Crippen molar-refractivity contribution in [1.82, 2.24) is 40.9 Å². The van der Waals surface area contributed by atoms with Crippen molar-refractivity contribution >= 4 is 93.8 Å². The smallest absolute Gasteiger partial charge is 0.407 e. The van der Waals surface area contributed by atoms with E-state index in [9.17, 15) is 39.0 Å². The van der Waals surface area contributed by atoms with Crippen molar-refractivity contribution < 1.29 is 48.5 Å². The van der Waals surface area contributed by atoms with Crippen LogP contribution in [0.1, 0.15) is 127 Å². The second-order valence-electron chi connectivity index (χ2n) is 23.2. The molecule has 2 aromatic rings. The molecule has 4 aliphatic heterocycles. The molecule has 426 valence electrons. The summed E-state index contributed by atoms with van der Waals surface area (Å²) in [5.74, 6) is 0.462. The van der Waals surface area contributed by atoms with Gasteiger partial charge in [0, 0.05) is 40.2 Å². The molecule has 6 aliphatic rings. The van der Waals surface area contributed by atoms with Gasteiger partial charge in [-0.05, 0) is 97.0 Å². The minimum Gasteiger partial charge on any atom is -0.465 e. The summed E-state index contributed by atoms with van der Waals surface area (Å²) < 4.78 is 13.2. The molecule has 0 spiro atoms. The van der Waals surface area contributed by atoms with Crippen molar-refractivity contribution in [2.24, 2.45) is 10.8 Å². The first-order valence-electron chi connectivity index (χ1n) is 27.4. The van der Waals surface area contributed by atoms with Gasteiger partial charge in [0.2, 0.25) is 23.6 Å². The van der Waals surface area contributed by atoms with Crippen molar-refractivity contribution in [2.75, 3.05) is 38.8 Å². The van der Waals surface area contributed by atoms with Gasteiger partial charge in [-0.2, -0.15) is 0 Å². The van der Waals surface area contributed by atoms with Gasteiger partial charge in [0.1, 0.15) is 24.2 Å². The number of fused-ring (bicyclic) bond motifs is 4. The largest absolute Gasteiger partial charge is 0.465 e. The van der Waals surface area contributed by atoms with E-state index in [-0.39, 0.29) is 56.6 Å². The number of thiocarbonyl (C=S) groups is 2. The molecule has 4 heterocycles. The number of carbonyl (C=O) groups is 6. The van der Waals surface area contributed by atoms with Gasteiger partial charge < -0.3 is 60.6 Å². The predicted molar refractivity (Wildman–Crippen MR) is 309 cm³/mol. The van der Waals surface area contributed by atoms with Crippen LogP contribution in [0, 0.1) is 10.8 Å². The van der Waals surface area contributed by atoms with Crippen LogP contribution in [0.5, 0.6) is 0 Å². The summed E-state index contributed by atoms with van der Waals surface area (Å²) in [6, 6.07) is 11.2. The van der Waals surface area contributed by atoms with Crippen LogP contribution in [0.2, 0.25) is 0 Å². The zero-order chi connectivity index (χ0) is 56.4. The maximum absolute atomic E-state index is 14.7. The lowest BCUT2D eigenvalue weighted by atomic mass is 9.83. The highest BCUT2D eigenvalue weighted by Crippen LogP contribution is 2.49. The number of carbonyl (C=O) groups excluding carboxylic acids is 4. The van der Waals surface area contributed by atoms with Gasteiger partial charge in [0.25, 0.3) is 0 Å². The number of unbranched alkanes of at least 4 members (excludes halogenated alkanes) is 3. The number of hydrogen-bond donors (Lipinski definition) is 6. The summed E-state index contributed by atoms with van der Waals surface area (Å²) in [5, 5.41) is 31.7. The maximum Gasteiger partial charge on any atom is 0.407 e. The molecule has 4 saturated heterocycles. The number of nitrogens with one attached hydrogen (secondary N) is 4. The monoisotopic (exact) mass is 1150 g/mol. The number of benzene rings is 2. The third-order valence-corrected chi connectivity index (χ3v) is 20.3. The van der Waals surface area contributed by atoms with Gasteiger partial charge in [-0.25, -0.2) is 9.59 Å². The van der Waals surface area contributed by atoms with Crippen molar-refractivity contribution in [3.8, 4) is 0 Å². The van der Waals surface area contributed by atoms with E-state index < -0.39 is 71.4 Å². The van der Waals surface area contributed by atoms with Gasteiger partial charge in [-0.3, -0.25) is 19.2 Å². The Labute approximate surface area is 477 Å². The SMILES string of the molecule is CC(C(=S)N[C@H]1CCS[C@H]2CC(C)(C)[C@@H](C(=O)N[C@H]3c4ccccc4C[C@H]3OCCCCCCO[C@@H]3Cc4ccccc4[C@@H]3NC(=O)[C@H]3N4C(=O)[C@@H](NC(=S)C(C)N(C)C(=O)O)CCS[C@H]4CC3(C)C)N2C1=O)N(C)C(=O)O. The molecule has 0 radical (unpaired) electrons. The lowest BCUT2D eigenvalue weighted by molar-refractivity contribution is -0.143. The van der Waals surface area contributed by atoms with Gasteiger partial charge in [-0.1, -0.05) is 114 Å². The summed E-state index contributed by atoms with van der Waals surface area (Å²) in [6.45, 7) is 12.5. The second-order valence-corrected chi connectivity index (χ2v) is 26.6. The summed E-state index contributed by atoms with van der Waals surface area (Å²) in [4.78, 5) is 87.7. The number of nitrogens with zero attached hydrogens (tertiary/aromatic N) is 4. The number of carboxylic acid groups (broad SMARTS) is 2. The van der Waals surface area contributed by atoms with Crippen LogP contribution in [0.3, 0.4) is 0 Å². The Kier molecular flexibility index (Phi) is 19.0. The summed E-state index contributed by atoms with van der Waals surface area (Å²) in [7, 11) is 2.88. The number of amides is 6. The quantitative estimate of drug-likeness (QED) is 0.0623. The Balaban J connectivity index is 0.838. The van der Waals surface area contributed by atoms with Crippen molar-refractivity contribution in [1.29, 1.82) is 0 Å². The first-order chi connectivity index (χ1) is 37.0. The van der Waals surface area contributed by atoms with Crippen LogP contribution in [-0.2, 0) is 41.5 Å². The van der Waals surface area contributed by atoms with E-state index >= 15 is 0 Å². The van der Waals surface area contributed by atoms with Gasteiger partial charge in [0.05, 0.1) is 57.1 Å². The van der Waals surface area contributed by atoms with E-state index in [2.05, 4.69) is 33.4 Å². The topological polar surface area (TPSA) is 222 Å². The molecule has 2 unspecified atom stereocenters. The molecule has 2 aromatic carbocycles. The number of rotatable bonds is 19. The molecule has 22 heteroatoms. The van der Waals surface area contributed by atoms with Crippen molar-refractivity contribution in [3.63, 3.8) is 0 Å². The third-order valence-electron chi connectivity index (χ3n) is 16.9. The number of hydrogen-bond acceptors (Lipinski definition) is 12. The Bertz CT molecular complexity index is 2440. The number of ether oxygens (including phenoxy) is 2. The van der Waals surface area contributed by atoms with Crippen LogP contribution in [-0.4, -0.2) is 174 Å². The Hall–Kier alpha value is -4.74. The average molecular weight is 1150 g/mol. The van der Waals surface area contributed by atoms with E-state index in [1.165, 1.54) is 14.1 Å². The standard InChI is InChI=1S/C56H78N8O10S4/c1-31(61(7)53(69)70)49(75)57-37-21-25-77-41-29-55(3,4)45(63(41)51(37)67)47(65)59-43-35-19-13-11-17-33(35)27-39(43)73-23-15-9-10-16-24-74-40-28-34-18-12-14-20-36(34)44(40)60-48(66)46-56(5,6)30-42-64(46)52(68)38(22-26-78-42)58-50(76)32(2)62(8)54(71)72/h11-14,17-20,31-32,37-46H,9-10,15-16,21-30H2,1-8H3,(H,57,75)(H,58,76)(H,59,65)(H,60,66)(H,69,70)(H,71,72)/t31?,32?,37-,38-,39+,40+,41-,42-,43-,44-,45+,46+/m0/s1. The fraction of sp³-hybridized carbons (Fsp3) is 0.643. The normalized spacial score (nSPS) is 28.4. The van der Waals surface area contributed by atoms with Gasteiger partial charge in [-0.15, -0.1) is 23.5 Å².